The van der Waals surface area contributed by atoms with E-state index in [1.165, 1.54) is 30.5 Å². The Morgan fingerprint density at radius 3 is 2.05 bits per heavy atom. The Kier molecular flexibility index (Phi) is 4.72. The van der Waals surface area contributed by atoms with E-state index in [-0.39, 0.29) is 0 Å². The Hall–Kier alpha value is -1.60. The largest absolute Gasteiger partial charge is 0.316 e. The van der Waals surface area contributed by atoms with Crippen LogP contribution < -0.4 is 5.32 Å². The number of rotatable bonds is 7. The molecule has 0 spiro atoms. The van der Waals surface area contributed by atoms with E-state index in [0.29, 0.717) is 5.92 Å². The molecular weight excluding hydrogens is 254 g/mol. The maximum absolute atomic E-state index is 3.58. The molecule has 0 aliphatic heterocycles. The fourth-order valence-electron chi connectivity index (χ4n) is 3.39. The van der Waals surface area contributed by atoms with Crippen molar-refractivity contribution in [3.05, 3.63) is 71.8 Å². The van der Waals surface area contributed by atoms with Gasteiger partial charge in [-0.15, -0.1) is 0 Å². The topological polar surface area (TPSA) is 12.0 Å². The van der Waals surface area contributed by atoms with E-state index in [9.17, 15) is 0 Å². The van der Waals surface area contributed by atoms with Gasteiger partial charge in [-0.3, -0.25) is 0 Å². The Labute approximate surface area is 128 Å². The van der Waals surface area contributed by atoms with Crippen molar-refractivity contribution in [3.8, 4) is 0 Å². The molecule has 0 amide bonds. The molecule has 2 unspecified atom stereocenters. The summed E-state index contributed by atoms with van der Waals surface area (Å²) in [5.74, 6) is 2.18. The van der Waals surface area contributed by atoms with Crippen LogP contribution in [0.3, 0.4) is 0 Å². The van der Waals surface area contributed by atoms with Crippen molar-refractivity contribution in [2.75, 3.05) is 13.1 Å². The molecule has 1 fully saturated rings. The van der Waals surface area contributed by atoms with Crippen LogP contribution in [0.2, 0.25) is 0 Å². The van der Waals surface area contributed by atoms with E-state index in [2.05, 4.69) is 72.9 Å². The van der Waals surface area contributed by atoms with Gasteiger partial charge in [-0.25, -0.2) is 0 Å². The predicted octanol–water partition coefficient (Wildman–Crippen LogP) is 4.45. The molecule has 1 nitrogen and oxygen atoms in total. The monoisotopic (exact) mass is 279 g/mol. The van der Waals surface area contributed by atoms with E-state index in [1.807, 2.05) is 0 Å². The maximum atomic E-state index is 3.58. The minimum atomic E-state index is 0.556. The summed E-state index contributed by atoms with van der Waals surface area (Å²) in [4.78, 5) is 0. The van der Waals surface area contributed by atoms with Crippen LogP contribution in [0.4, 0.5) is 0 Å². The number of benzene rings is 2. The maximum Gasteiger partial charge on any atom is 0.0121 e. The fourth-order valence-corrected chi connectivity index (χ4v) is 3.39. The highest BCUT2D eigenvalue weighted by Gasteiger charge is 2.43. The molecule has 3 rings (SSSR count). The minimum Gasteiger partial charge on any atom is -0.316 e. The smallest absolute Gasteiger partial charge is 0.0121 e. The van der Waals surface area contributed by atoms with Gasteiger partial charge in [0, 0.05) is 5.92 Å². The third-order valence-electron chi connectivity index (χ3n) is 4.56. The van der Waals surface area contributed by atoms with Crippen molar-refractivity contribution in [3.63, 3.8) is 0 Å². The quantitative estimate of drug-likeness (QED) is 0.738. The van der Waals surface area contributed by atoms with Crippen molar-refractivity contribution in [1.82, 2.24) is 5.32 Å². The molecule has 2 aromatic rings. The summed E-state index contributed by atoms with van der Waals surface area (Å²) in [6, 6.07) is 22.0. The van der Waals surface area contributed by atoms with Gasteiger partial charge in [0.2, 0.25) is 0 Å². The molecular formula is C20H25N. The Morgan fingerprint density at radius 1 is 0.952 bits per heavy atom. The molecule has 21 heavy (non-hydrogen) atoms. The summed E-state index contributed by atoms with van der Waals surface area (Å²) >= 11 is 0. The lowest BCUT2D eigenvalue weighted by Crippen LogP contribution is -2.19. The average Bonchev–Trinajstić information content (AvgIpc) is 3.29. The van der Waals surface area contributed by atoms with Crippen LogP contribution in [0.25, 0.3) is 0 Å². The zero-order chi connectivity index (χ0) is 14.5. The molecule has 1 heteroatoms. The van der Waals surface area contributed by atoms with Gasteiger partial charge in [0.25, 0.3) is 0 Å². The fraction of sp³-hybridized carbons (Fsp3) is 0.400. The van der Waals surface area contributed by atoms with Crippen LogP contribution >= 0.6 is 0 Å². The second-order valence-electron chi connectivity index (χ2n) is 6.16. The summed E-state index contributed by atoms with van der Waals surface area (Å²) in [5.41, 5.74) is 2.93. The highest BCUT2D eigenvalue weighted by Crippen LogP contribution is 2.51. The number of nitrogens with one attached hydrogen (secondary N) is 1. The second-order valence-corrected chi connectivity index (χ2v) is 6.16. The summed E-state index contributed by atoms with van der Waals surface area (Å²) in [6.45, 7) is 4.55. The first-order valence-corrected chi connectivity index (χ1v) is 8.20. The average molecular weight is 279 g/mol. The first kappa shape index (κ1) is 14.3. The molecule has 2 aromatic carbocycles. The van der Waals surface area contributed by atoms with Gasteiger partial charge < -0.3 is 5.32 Å². The SMILES string of the molecule is CCCNCC1CC1C(c1ccccc1)c1ccccc1. The highest BCUT2D eigenvalue weighted by molar-refractivity contribution is 5.35. The predicted molar refractivity (Wildman–Crippen MR) is 89.5 cm³/mol. The molecule has 0 heterocycles. The third-order valence-corrected chi connectivity index (χ3v) is 4.56. The van der Waals surface area contributed by atoms with Gasteiger partial charge in [-0.2, -0.15) is 0 Å². The number of hydrogen-bond donors (Lipinski definition) is 1. The normalized spacial score (nSPS) is 20.7. The van der Waals surface area contributed by atoms with Crippen molar-refractivity contribution in [2.24, 2.45) is 11.8 Å². The Bertz CT molecular complexity index is 495. The van der Waals surface area contributed by atoms with Gasteiger partial charge in [0.05, 0.1) is 0 Å². The van der Waals surface area contributed by atoms with Crippen molar-refractivity contribution in [2.45, 2.75) is 25.7 Å². The summed E-state index contributed by atoms with van der Waals surface area (Å²) in [7, 11) is 0. The first-order valence-electron chi connectivity index (χ1n) is 8.20. The highest BCUT2D eigenvalue weighted by atomic mass is 14.9. The minimum absolute atomic E-state index is 0.556. The van der Waals surface area contributed by atoms with Crippen LogP contribution in [0.5, 0.6) is 0 Å². The summed E-state index contributed by atoms with van der Waals surface area (Å²) in [5, 5.41) is 3.58. The molecule has 0 aromatic heterocycles. The lowest BCUT2D eigenvalue weighted by Gasteiger charge is -2.18. The van der Waals surface area contributed by atoms with Crippen LogP contribution in [0.1, 0.15) is 36.8 Å². The van der Waals surface area contributed by atoms with Crippen LogP contribution in [0, 0.1) is 11.8 Å². The van der Waals surface area contributed by atoms with Crippen molar-refractivity contribution in [1.29, 1.82) is 0 Å². The molecule has 0 bridgehead atoms. The lowest BCUT2D eigenvalue weighted by atomic mass is 9.86. The summed E-state index contributed by atoms with van der Waals surface area (Å²) < 4.78 is 0. The van der Waals surface area contributed by atoms with E-state index in [1.54, 1.807) is 0 Å². The van der Waals surface area contributed by atoms with Crippen molar-refractivity contribution < 1.29 is 0 Å². The van der Waals surface area contributed by atoms with Crippen LogP contribution in [-0.4, -0.2) is 13.1 Å². The molecule has 1 saturated carbocycles. The summed E-state index contributed by atoms with van der Waals surface area (Å²) in [6.07, 6.45) is 2.57. The molecule has 1 N–H and O–H groups in total. The first-order chi connectivity index (χ1) is 10.4. The molecule has 110 valence electrons. The van der Waals surface area contributed by atoms with Gasteiger partial charge in [0.1, 0.15) is 0 Å². The van der Waals surface area contributed by atoms with E-state index in [4.69, 9.17) is 0 Å². The van der Waals surface area contributed by atoms with Gasteiger partial charge in [-0.05, 0) is 48.9 Å². The zero-order valence-corrected chi connectivity index (χ0v) is 12.8. The lowest BCUT2D eigenvalue weighted by molar-refractivity contribution is 0.566. The Morgan fingerprint density at radius 2 is 1.52 bits per heavy atom. The van der Waals surface area contributed by atoms with Gasteiger partial charge in [0.15, 0.2) is 0 Å². The van der Waals surface area contributed by atoms with Crippen LogP contribution in [-0.2, 0) is 0 Å². The second kappa shape index (κ2) is 6.91. The van der Waals surface area contributed by atoms with E-state index in [0.717, 1.165) is 18.4 Å². The van der Waals surface area contributed by atoms with E-state index < -0.39 is 0 Å². The Balaban J connectivity index is 1.76. The van der Waals surface area contributed by atoms with Crippen molar-refractivity contribution >= 4 is 0 Å². The van der Waals surface area contributed by atoms with Gasteiger partial charge >= 0.3 is 0 Å². The molecule has 0 radical (unpaired) electrons. The third kappa shape index (κ3) is 3.54. The van der Waals surface area contributed by atoms with Gasteiger partial charge in [-0.1, -0.05) is 67.6 Å². The zero-order valence-electron chi connectivity index (χ0n) is 12.8. The van der Waals surface area contributed by atoms with Crippen LogP contribution in [0.15, 0.2) is 60.7 Å². The molecule has 0 saturated heterocycles. The standard InChI is InChI=1S/C20H25N/c1-2-13-21-15-18-14-19(18)20(16-9-5-3-6-10-16)17-11-7-4-8-12-17/h3-12,18-21H,2,13-15H2,1H3. The van der Waals surface area contributed by atoms with E-state index >= 15 is 0 Å². The molecule has 1 aliphatic carbocycles. The molecule has 1 aliphatic rings. The number of hydrogen-bond acceptors (Lipinski definition) is 1. The molecule has 2 atom stereocenters.